The number of halogens is 3. The van der Waals surface area contributed by atoms with Gasteiger partial charge in [-0.1, -0.05) is 19.8 Å². The van der Waals surface area contributed by atoms with Crippen molar-refractivity contribution in [2.45, 2.75) is 32.9 Å². The Kier molecular flexibility index (Phi) is 4.00. The fourth-order valence-corrected chi connectivity index (χ4v) is 4.14. The molecule has 0 aliphatic carbocycles. The first-order chi connectivity index (χ1) is 12.7. The van der Waals surface area contributed by atoms with Gasteiger partial charge in [-0.25, -0.2) is 9.38 Å². The zero-order chi connectivity index (χ0) is 19.4. The van der Waals surface area contributed by atoms with Crippen LogP contribution < -0.4 is 14.4 Å². The summed E-state index contributed by atoms with van der Waals surface area (Å²) in [7, 11) is 0. The van der Waals surface area contributed by atoms with E-state index in [-0.39, 0.29) is 23.4 Å². The monoisotopic (exact) mass is 394 g/mol. The topological polar surface area (TPSA) is 42.6 Å². The molecule has 2 aliphatic rings. The second-order valence-electron chi connectivity index (χ2n) is 7.49. The van der Waals surface area contributed by atoms with E-state index < -0.39 is 18.5 Å². The van der Waals surface area contributed by atoms with Crippen molar-refractivity contribution in [1.29, 1.82) is 0 Å². The van der Waals surface area contributed by atoms with Gasteiger partial charge >= 0.3 is 6.11 Å². The number of nitrogens with zero attached hydrogens (tertiary/aromatic N) is 4. The van der Waals surface area contributed by atoms with Gasteiger partial charge in [0.25, 0.3) is 0 Å². The SMILES string of the molecule is C#CCN1CC(F)(F)Oc2cc(F)c(N=c3snc4n3CC(C)(C)C4)cc21. The lowest BCUT2D eigenvalue weighted by Gasteiger charge is -2.34. The average molecular weight is 394 g/mol. The van der Waals surface area contributed by atoms with Crippen LogP contribution in [0.1, 0.15) is 19.7 Å². The molecule has 27 heavy (non-hydrogen) atoms. The van der Waals surface area contributed by atoms with Crippen LogP contribution in [0.25, 0.3) is 0 Å². The lowest BCUT2D eigenvalue weighted by molar-refractivity contribution is -0.171. The number of hydrogen-bond acceptors (Lipinski definition) is 5. The summed E-state index contributed by atoms with van der Waals surface area (Å²) in [5.74, 6) is 2.26. The number of terminal acetylenes is 1. The molecule has 5 nitrogen and oxygen atoms in total. The summed E-state index contributed by atoms with van der Waals surface area (Å²) in [5.41, 5.74) is 0.400. The smallest absolute Gasteiger partial charge is 0.415 e. The van der Waals surface area contributed by atoms with Gasteiger partial charge in [-0.05, 0) is 11.5 Å². The van der Waals surface area contributed by atoms with Crippen LogP contribution in [-0.2, 0) is 13.0 Å². The van der Waals surface area contributed by atoms with E-state index in [1.54, 1.807) is 0 Å². The van der Waals surface area contributed by atoms with Crippen LogP contribution >= 0.6 is 11.5 Å². The predicted octanol–water partition coefficient (Wildman–Crippen LogP) is 3.32. The third-order valence-electron chi connectivity index (χ3n) is 4.50. The highest BCUT2D eigenvalue weighted by molar-refractivity contribution is 7.02. The molecule has 2 aromatic rings. The summed E-state index contributed by atoms with van der Waals surface area (Å²) in [6, 6.07) is 2.32. The van der Waals surface area contributed by atoms with Gasteiger partial charge in [0.15, 0.2) is 11.6 Å². The zero-order valence-electron chi connectivity index (χ0n) is 14.8. The maximum atomic E-state index is 14.5. The third-order valence-corrected chi connectivity index (χ3v) is 5.28. The first-order valence-electron chi connectivity index (χ1n) is 8.36. The minimum atomic E-state index is -3.44. The highest BCUT2D eigenvalue weighted by Gasteiger charge is 2.41. The van der Waals surface area contributed by atoms with Gasteiger partial charge in [-0.15, -0.1) is 6.42 Å². The van der Waals surface area contributed by atoms with E-state index in [1.807, 2.05) is 4.57 Å². The van der Waals surface area contributed by atoms with Crippen molar-refractivity contribution in [1.82, 2.24) is 8.94 Å². The quantitative estimate of drug-likeness (QED) is 0.734. The largest absolute Gasteiger partial charge is 0.429 e. The molecular weight excluding hydrogens is 377 g/mol. The van der Waals surface area contributed by atoms with Crippen LogP contribution in [-0.4, -0.2) is 28.1 Å². The molecule has 0 amide bonds. The molecule has 2 aliphatic heterocycles. The number of anilines is 1. The van der Waals surface area contributed by atoms with Crippen molar-refractivity contribution in [2.75, 3.05) is 18.0 Å². The Labute approximate surface area is 158 Å². The van der Waals surface area contributed by atoms with Gasteiger partial charge in [0.05, 0.1) is 12.2 Å². The van der Waals surface area contributed by atoms with Gasteiger partial charge in [0, 0.05) is 30.6 Å². The lowest BCUT2D eigenvalue weighted by atomic mass is 9.92. The number of benzene rings is 1. The number of hydrogen-bond donors (Lipinski definition) is 0. The van der Waals surface area contributed by atoms with Crippen molar-refractivity contribution >= 4 is 22.9 Å². The fourth-order valence-electron chi connectivity index (χ4n) is 3.38. The Morgan fingerprint density at radius 1 is 1.37 bits per heavy atom. The Bertz CT molecular complexity index is 1020. The normalized spacial score (nSPS) is 20.0. The minimum Gasteiger partial charge on any atom is -0.429 e. The van der Waals surface area contributed by atoms with Crippen LogP contribution in [0.5, 0.6) is 5.75 Å². The lowest BCUT2D eigenvalue weighted by Crippen LogP contribution is -2.45. The molecular formula is C18H17F3N4OS. The molecule has 0 saturated heterocycles. The summed E-state index contributed by atoms with van der Waals surface area (Å²) >= 11 is 1.19. The molecule has 0 spiro atoms. The second-order valence-corrected chi connectivity index (χ2v) is 8.22. The van der Waals surface area contributed by atoms with E-state index in [1.165, 1.54) is 22.5 Å². The van der Waals surface area contributed by atoms with E-state index in [4.69, 9.17) is 6.42 Å². The first kappa shape index (κ1) is 17.9. The molecule has 1 aromatic carbocycles. The molecule has 4 rings (SSSR count). The molecule has 0 radical (unpaired) electrons. The van der Waals surface area contributed by atoms with E-state index in [9.17, 15) is 13.2 Å². The third kappa shape index (κ3) is 3.30. The molecule has 3 heterocycles. The minimum absolute atomic E-state index is 0.0354. The molecule has 0 saturated carbocycles. The molecule has 0 N–H and O–H groups in total. The van der Waals surface area contributed by atoms with Crippen LogP contribution in [0.2, 0.25) is 0 Å². The summed E-state index contributed by atoms with van der Waals surface area (Å²) in [6.07, 6.45) is 2.67. The van der Waals surface area contributed by atoms with Crippen molar-refractivity contribution in [3.05, 3.63) is 28.6 Å². The van der Waals surface area contributed by atoms with E-state index in [2.05, 4.69) is 33.9 Å². The maximum Gasteiger partial charge on any atom is 0.415 e. The van der Waals surface area contributed by atoms with Crippen molar-refractivity contribution in [2.24, 2.45) is 10.4 Å². The van der Waals surface area contributed by atoms with Crippen molar-refractivity contribution < 1.29 is 17.9 Å². The molecule has 9 heteroatoms. The van der Waals surface area contributed by atoms with Crippen LogP contribution in [0.3, 0.4) is 0 Å². The second kappa shape index (κ2) is 6.02. The molecule has 0 bridgehead atoms. The Balaban J connectivity index is 1.79. The number of rotatable bonds is 2. The van der Waals surface area contributed by atoms with Crippen molar-refractivity contribution in [3.8, 4) is 18.1 Å². The summed E-state index contributed by atoms with van der Waals surface area (Å²) in [4.78, 5) is 6.25. The number of aromatic nitrogens is 2. The van der Waals surface area contributed by atoms with Gasteiger partial charge in [-0.2, -0.15) is 13.2 Å². The predicted molar refractivity (Wildman–Crippen MR) is 95.8 cm³/mol. The molecule has 0 fully saturated rings. The van der Waals surface area contributed by atoms with Crippen molar-refractivity contribution in [3.63, 3.8) is 0 Å². The van der Waals surface area contributed by atoms with Crippen LogP contribution in [0, 0.1) is 23.6 Å². The molecule has 1 aromatic heterocycles. The Morgan fingerprint density at radius 2 is 2.15 bits per heavy atom. The molecule has 0 atom stereocenters. The zero-order valence-corrected chi connectivity index (χ0v) is 15.6. The van der Waals surface area contributed by atoms with Gasteiger partial charge in [0.1, 0.15) is 18.1 Å². The highest BCUT2D eigenvalue weighted by atomic mass is 32.1. The highest BCUT2D eigenvalue weighted by Crippen LogP contribution is 2.41. The van der Waals surface area contributed by atoms with Gasteiger partial charge in [-0.3, -0.25) is 0 Å². The molecule has 142 valence electrons. The van der Waals surface area contributed by atoms with Gasteiger partial charge < -0.3 is 14.2 Å². The van der Waals surface area contributed by atoms with Crippen LogP contribution in [0.4, 0.5) is 24.5 Å². The fraction of sp³-hybridized carbons (Fsp3) is 0.444. The average Bonchev–Trinajstić information content (AvgIpc) is 3.04. The number of ether oxygens (including phenoxy) is 1. The summed E-state index contributed by atoms with van der Waals surface area (Å²) in [5, 5.41) is 0. The molecule has 0 unspecified atom stereocenters. The first-order valence-corrected chi connectivity index (χ1v) is 9.14. The Hall–Kier alpha value is -2.47. The maximum absolute atomic E-state index is 14.5. The number of fused-ring (bicyclic) bond motifs is 2. The Morgan fingerprint density at radius 3 is 2.89 bits per heavy atom. The van der Waals surface area contributed by atoms with E-state index >= 15 is 0 Å². The standard InChI is InChI=1S/C18H17F3N4OS/c1-4-5-24-10-18(20,21)26-14-6-11(19)12(7-13(14)24)22-16-25-9-17(2,3)8-15(25)23-27-16/h1,6-7H,5,8-10H2,2-3H3. The summed E-state index contributed by atoms with van der Waals surface area (Å²) < 4.78 is 53.0. The van der Waals surface area contributed by atoms with Crippen LogP contribution in [0.15, 0.2) is 17.1 Å². The summed E-state index contributed by atoms with van der Waals surface area (Å²) in [6.45, 7) is 4.25. The number of alkyl halides is 2. The van der Waals surface area contributed by atoms with E-state index in [0.717, 1.165) is 24.9 Å². The van der Waals surface area contributed by atoms with Gasteiger partial charge in [0.2, 0.25) is 4.80 Å². The van der Waals surface area contributed by atoms with E-state index in [0.29, 0.717) is 10.5 Å².